The summed E-state index contributed by atoms with van der Waals surface area (Å²) in [4.78, 5) is 23.4. The lowest BCUT2D eigenvalue weighted by atomic mass is 9.96. The standard InChI is InChI=1S/C24H31N3O3/c1-4-5-6-19-15-25-21(17-7-8-20-18(13-17)14-24(2,3)30-20)22(26-19)27-11-9-16(10-12-27)23(28)29/h7-8,13,15-16H,4-6,9-12,14H2,1-3H3,(H,28,29). The normalized spacial score (nSPS) is 18.2. The molecule has 1 fully saturated rings. The molecule has 6 nitrogen and oxygen atoms in total. The van der Waals surface area contributed by atoms with Crippen molar-refractivity contribution in [2.24, 2.45) is 5.92 Å². The summed E-state index contributed by atoms with van der Waals surface area (Å²) >= 11 is 0. The number of hydrogen-bond acceptors (Lipinski definition) is 5. The highest BCUT2D eigenvalue weighted by Crippen LogP contribution is 2.39. The van der Waals surface area contributed by atoms with Crippen LogP contribution in [0.25, 0.3) is 11.3 Å². The number of aromatic nitrogens is 2. The molecule has 0 bridgehead atoms. The second-order valence-corrected chi connectivity index (χ2v) is 9.10. The van der Waals surface area contributed by atoms with Gasteiger partial charge in [0.05, 0.1) is 11.6 Å². The molecule has 0 spiro atoms. The van der Waals surface area contributed by atoms with Crippen LogP contribution in [0.5, 0.6) is 5.75 Å². The van der Waals surface area contributed by atoms with E-state index in [9.17, 15) is 9.90 Å². The Kier molecular flexibility index (Phi) is 5.67. The number of anilines is 1. The fourth-order valence-corrected chi connectivity index (χ4v) is 4.41. The van der Waals surface area contributed by atoms with Crippen LogP contribution in [0.1, 0.15) is 57.7 Å². The maximum atomic E-state index is 11.4. The summed E-state index contributed by atoms with van der Waals surface area (Å²) in [6.07, 6.45) is 7.16. The van der Waals surface area contributed by atoms with Crippen LogP contribution in [0.15, 0.2) is 24.4 Å². The van der Waals surface area contributed by atoms with Crippen molar-refractivity contribution < 1.29 is 14.6 Å². The molecule has 2 aliphatic rings. The molecule has 0 aliphatic carbocycles. The Bertz CT molecular complexity index is 933. The Labute approximate surface area is 178 Å². The fraction of sp³-hybridized carbons (Fsp3) is 0.542. The number of fused-ring (bicyclic) bond motifs is 1. The molecule has 4 rings (SSSR count). The third kappa shape index (κ3) is 4.27. The first-order valence-corrected chi connectivity index (χ1v) is 11.0. The number of benzene rings is 1. The summed E-state index contributed by atoms with van der Waals surface area (Å²) < 4.78 is 6.03. The average molecular weight is 410 g/mol. The van der Waals surface area contributed by atoms with Gasteiger partial charge in [0, 0.05) is 31.3 Å². The molecule has 0 unspecified atom stereocenters. The lowest BCUT2D eigenvalue weighted by Gasteiger charge is -2.32. The molecule has 0 atom stereocenters. The predicted molar refractivity (Wildman–Crippen MR) is 117 cm³/mol. The Morgan fingerprint density at radius 3 is 2.77 bits per heavy atom. The molecular formula is C24H31N3O3. The van der Waals surface area contributed by atoms with Gasteiger partial charge in [-0.3, -0.25) is 9.78 Å². The highest BCUT2D eigenvalue weighted by atomic mass is 16.5. The van der Waals surface area contributed by atoms with Crippen LogP contribution in [0.2, 0.25) is 0 Å². The molecule has 1 aromatic heterocycles. The number of piperidine rings is 1. The summed E-state index contributed by atoms with van der Waals surface area (Å²) in [7, 11) is 0. The number of aryl methyl sites for hydroxylation is 1. The maximum absolute atomic E-state index is 11.4. The van der Waals surface area contributed by atoms with Crippen LogP contribution < -0.4 is 9.64 Å². The Morgan fingerprint density at radius 1 is 1.30 bits per heavy atom. The van der Waals surface area contributed by atoms with Crippen molar-refractivity contribution in [1.82, 2.24) is 9.97 Å². The van der Waals surface area contributed by atoms with E-state index in [1.54, 1.807) is 0 Å². The van der Waals surface area contributed by atoms with E-state index in [4.69, 9.17) is 14.7 Å². The number of unbranched alkanes of at least 4 members (excludes halogenated alkanes) is 1. The molecular weight excluding hydrogens is 378 g/mol. The van der Waals surface area contributed by atoms with Crippen LogP contribution in [-0.2, 0) is 17.6 Å². The zero-order chi connectivity index (χ0) is 21.3. The molecule has 2 aliphatic heterocycles. The third-order valence-electron chi connectivity index (χ3n) is 6.07. The van der Waals surface area contributed by atoms with Crippen LogP contribution >= 0.6 is 0 Å². The number of nitrogens with zero attached hydrogens (tertiary/aromatic N) is 3. The van der Waals surface area contributed by atoms with Gasteiger partial charge in [-0.1, -0.05) is 13.3 Å². The number of aliphatic carboxylic acids is 1. The smallest absolute Gasteiger partial charge is 0.306 e. The summed E-state index contributed by atoms with van der Waals surface area (Å²) in [5.41, 5.74) is 3.93. The first-order valence-electron chi connectivity index (χ1n) is 11.0. The van der Waals surface area contributed by atoms with Gasteiger partial charge in [-0.05, 0) is 63.3 Å². The lowest BCUT2D eigenvalue weighted by Crippen LogP contribution is -2.37. The van der Waals surface area contributed by atoms with Crippen molar-refractivity contribution in [3.05, 3.63) is 35.7 Å². The second-order valence-electron chi connectivity index (χ2n) is 9.10. The molecule has 1 aromatic carbocycles. The second kappa shape index (κ2) is 8.25. The Hall–Kier alpha value is -2.63. The van der Waals surface area contributed by atoms with Crippen molar-refractivity contribution in [2.45, 2.75) is 64.9 Å². The van der Waals surface area contributed by atoms with E-state index in [0.29, 0.717) is 25.9 Å². The minimum Gasteiger partial charge on any atom is -0.487 e. The average Bonchev–Trinajstić information content (AvgIpc) is 3.05. The summed E-state index contributed by atoms with van der Waals surface area (Å²) in [6.45, 7) is 7.77. The number of carboxylic acids is 1. The first kappa shape index (κ1) is 20.6. The SMILES string of the molecule is CCCCc1cnc(-c2ccc3c(c2)CC(C)(C)O3)c(N2CCC(C(=O)O)CC2)n1. The van der Waals surface area contributed by atoms with Gasteiger partial charge >= 0.3 is 5.97 Å². The largest absolute Gasteiger partial charge is 0.487 e. The minimum atomic E-state index is -0.695. The monoisotopic (exact) mass is 409 g/mol. The van der Waals surface area contributed by atoms with Gasteiger partial charge in [-0.2, -0.15) is 0 Å². The van der Waals surface area contributed by atoms with E-state index in [-0.39, 0.29) is 11.5 Å². The molecule has 2 aromatic rings. The van der Waals surface area contributed by atoms with Crippen LogP contribution in [0.3, 0.4) is 0 Å². The molecule has 1 saturated heterocycles. The molecule has 6 heteroatoms. The molecule has 30 heavy (non-hydrogen) atoms. The molecule has 160 valence electrons. The number of hydrogen-bond donors (Lipinski definition) is 1. The van der Waals surface area contributed by atoms with Gasteiger partial charge in [0.2, 0.25) is 0 Å². The Morgan fingerprint density at radius 2 is 2.07 bits per heavy atom. The molecule has 0 radical (unpaired) electrons. The summed E-state index contributed by atoms with van der Waals surface area (Å²) in [5, 5.41) is 9.34. The highest BCUT2D eigenvalue weighted by Gasteiger charge is 2.31. The molecule has 0 amide bonds. The third-order valence-corrected chi connectivity index (χ3v) is 6.07. The highest BCUT2D eigenvalue weighted by molar-refractivity contribution is 5.75. The van der Waals surface area contributed by atoms with Gasteiger partial charge in [-0.25, -0.2) is 4.98 Å². The van der Waals surface area contributed by atoms with E-state index < -0.39 is 5.97 Å². The van der Waals surface area contributed by atoms with Crippen LogP contribution in [-0.4, -0.2) is 39.7 Å². The van der Waals surface area contributed by atoms with E-state index in [0.717, 1.165) is 54.2 Å². The van der Waals surface area contributed by atoms with E-state index in [1.165, 1.54) is 5.56 Å². The van der Waals surface area contributed by atoms with Crippen molar-refractivity contribution in [3.8, 4) is 17.0 Å². The maximum Gasteiger partial charge on any atom is 0.306 e. The summed E-state index contributed by atoms with van der Waals surface area (Å²) in [5.74, 6) is 0.866. The van der Waals surface area contributed by atoms with Gasteiger partial charge in [0.1, 0.15) is 17.0 Å². The van der Waals surface area contributed by atoms with E-state index >= 15 is 0 Å². The fourth-order valence-electron chi connectivity index (χ4n) is 4.41. The zero-order valence-corrected chi connectivity index (χ0v) is 18.1. The van der Waals surface area contributed by atoms with Crippen molar-refractivity contribution in [2.75, 3.05) is 18.0 Å². The number of carboxylic acid groups (broad SMARTS) is 1. The van der Waals surface area contributed by atoms with Gasteiger partial charge < -0.3 is 14.7 Å². The number of carbonyl (C=O) groups is 1. The lowest BCUT2D eigenvalue weighted by molar-refractivity contribution is -0.142. The minimum absolute atomic E-state index is 0.182. The topological polar surface area (TPSA) is 75.5 Å². The number of ether oxygens (including phenoxy) is 1. The van der Waals surface area contributed by atoms with Crippen molar-refractivity contribution in [3.63, 3.8) is 0 Å². The van der Waals surface area contributed by atoms with Crippen molar-refractivity contribution >= 4 is 11.8 Å². The van der Waals surface area contributed by atoms with Gasteiger partial charge in [0.25, 0.3) is 0 Å². The molecule has 1 N–H and O–H groups in total. The van der Waals surface area contributed by atoms with Crippen LogP contribution in [0, 0.1) is 5.92 Å². The van der Waals surface area contributed by atoms with E-state index in [1.807, 2.05) is 12.3 Å². The molecule has 3 heterocycles. The number of rotatable bonds is 6. The van der Waals surface area contributed by atoms with Gasteiger partial charge in [-0.15, -0.1) is 0 Å². The Balaban J connectivity index is 1.67. The van der Waals surface area contributed by atoms with Crippen molar-refractivity contribution in [1.29, 1.82) is 0 Å². The van der Waals surface area contributed by atoms with Crippen LogP contribution in [0.4, 0.5) is 5.82 Å². The quantitative estimate of drug-likeness (QED) is 0.757. The zero-order valence-electron chi connectivity index (χ0n) is 18.1. The summed E-state index contributed by atoms with van der Waals surface area (Å²) in [6, 6.07) is 6.27. The van der Waals surface area contributed by atoms with E-state index in [2.05, 4.69) is 37.8 Å². The molecule has 0 saturated carbocycles. The van der Waals surface area contributed by atoms with Gasteiger partial charge in [0.15, 0.2) is 5.82 Å². The first-order chi connectivity index (χ1) is 14.4. The predicted octanol–water partition coefficient (Wildman–Crippen LogP) is 4.50.